The van der Waals surface area contributed by atoms with Gasteiger partial charge >= 0.3 is 0 Å². The third kappa shape index (κ3) is 4.87. The summed E-state index contributed by atoms with van der Waals surface area (Å²) in [5, 5.41) is 2.64. The molecule has 0 unspecified atom stereocenters. The number of hydrogen-bond donors (Lipinski definition) is 2. The summed E-state index contributed by atoms with van der Waals surface area (Å²) in [7, 11) is 0. The quantitative estimate of drug-likeness (QED) is 0.530. The van der Waals surface area contributed by atoms with Crippen LogP contribution in [0.1, 0.15) is 35.2 Å². The van der Waals surface area contributed by atoms with Gasteiger partial charge in [-0.05, 0) is 55.1 Å². The zero-order valence-electron chi connectivity index (χ0n) is 20.6. The number of nitrogen functional groups attached to an aromatic ring is 1. The zero-order chi connectivity index (χ0) is 25.5. The molecule has 0 spiro atoms. The van der Waals surface area contributed by atoms with Gasteiger partial charge in [-0.25, -0.2) is 9.37 Å². The van der Waals surface area contributed by atoms with Gasteiger partial charge in [-0.2, -0.15) is 9.37 Å². The summed E-state index contributed by atoms with van der Waals surface area (Å²) in [6, 6.07) is 10.5. The Balaban J connectivity index is 1.22. The second-order valence-electron chi connectivity index (χ2n) is 10.2. The van der Waals surface area contributed by atoms with Gasteiger partial charge in [0.15, 0.2) is 5.82 Å². The Morgan fingerprint density at radius 2 is 1.73 bits per heavy atom. The molecular weight excluding hydrogens is 474 g/mol. The van der Waals surface area contributed by atoms with Gasteiger partial charge in [-0.1, -0.05) is 25.0 Å². The molecule has 3 heterocycles. The molecule has 192 valence electrons. The summed E-state index contributed by atoms with van der Waals surface area (Å²) in [5.41, 5.74) is 8.87. The average molecular weight is 505 g/mol. The molecule has 1 saturated heterocycles. The number of nitrogens with one attached hydrogen (secondary N) is 1. The van der Waals surface area contributed by atoms with Gasteiger partial charge in [0, 0.05) is 49.5 Å². The summed E-state index contributed by atoms with van der Waals surface area (Å²) in [6.45, 7) is 5.64. The molecule has 9 heteroatoms. The highest BCUT2D eigenvalue weighted by Gasteiger charge is 2.25. The first-order valence-corrected chi connectivity index (χ1v) is 13.0. The van der Waals surface area contributed by atoms with E-state index in [1.807, 2.05) is 24.3 Å². The van der Waals surface area contributed by atoms with Crippen molar-refractivity contribution in [2.45, 2.75) is 25.7 Å². The Hall–Kier alpha value is -3.59. The number of benzene rings is 2. The highest BCUT2D eigenvalue weighted by Crippen LogP contribution is 2.33. The van der Waals surface area contributed by atoms with Gasteiger partial charge in [0.1, 0.15) is 17.2 Å². The highest BCUT2D eigenvalue weighted by molar-refractivity contribution is 5.97. The molecule has 0 bridgehead atoms. The van der Waals surface area contributed by atoms with Crippen molar-refractivity contribution in [3.05, 3.63) is 59.3 Å². The second kappa shape index (κ2) is 9.70. The Labute approximate surface area is 214 Å². The molecule has 3 N–H and O–H groups in total. The minimum atomic E-state index is -0.781. The third-order valence-electron chi connectivity index (χ3n) is 7.66. The Morgan fingerprint density at radius 3 is 2.46 bits per heavy atom. The molecule has 1 amide bonds. The number of carbonyl (C=O) groups is 1. The number of anilines is 2. The third-order valence-corrected chi connectivity index (χ3v) is 7.66. The maximum Gasteiger partial charge on any atom is 0.254 e. The summed E-state index contributed by atoms with van der Waals surface area (Å²) >= 11 is 0. The van der Waals surface area contributed by atoms with Crippen LogP contribution in [0.25, 0.3) is 22.5 Å². The Morgan fingerprint density at radius 1 is 0.973 bits per heavy atom. The van der Waals surface area contributed by atoms with E-state index in [1.165, 1.54) is 31.9 Å². The first-order valence-electron chi connectivity index (χ1n) is 13.0. The maximum absolute atomic E-state index is 14.9. The molecule has 0 atom stereocenters. The van der Waals surface area contributed by atoms with Gasteiger partial charge in [0.05, 0.1) is 5.56 Å². The van der Waals surface area contributed by atoms with E-state index in [1.54, 1.807) is 6.07 Å². The van der Waals surface area contributed by atoms with E-state index in [0.29, 0.717) is 29.7 Å². The van der Waals surface area contributed by atoms with Gasteiger partial charge in [-0.3, -0.25) is 9.69 Å². The molecule has 6 rings (SSSR count). The molecule has 2 fully saturated rings. The number of hydrogen-bond acceptors (Lipinski definition) is 6. The fourth-order valence-corrected chi connectivity index (χ4v) is 5.31. The summed E-state index contributed by atoms with van der Waals surface area (Å²) < 4.78 is 29.7. The van der Waals surface area contributed by atoms with E-state index in [4.69, 9.17) is 5.73 Å². The van der Waals surface area contributed by atoms with Crippen molar-refractivity contribution in [2.75, 3.05) is 49.9 Å². The maximum atomic E-state index is 14.9. The summed E-state index contributed by atoms with van der Waals surface area (Å²) in [5.74, 6) is -1.05. The van der Waals surface area contributed by atoms with E-state index < -0.39 is 17.7 Å². The van der Waals surface area contributed by atoms with E-state index in [2.05, 4.69) is 25.1 Å². The number of halogens is 2. The lowest BCUT2D eigenvalue weighted by molar-refractivity contribution is 0.0941. The van der Waals surface area contributed by atoms with Gasteiger partial charge in [-0.15, -0.1) is 0 Å². The summed E-state index contributed by atoms with van der Waals surface area (Å²) in [4.78, 5) is 25.3. The van der Waals surface area contributed by atoms with E-state index in [9.17, 15) is 13.6 Å². The second-order valence-corrected chi connectivity index (χ2v) is 10.2. The SMILES string of the molecule is Nc1nc(F)c(-c2ccc(N3CCN(CCC4CC4)CC3)cc2)nc1-c1cc(F)c2c(c1)CCNC2=O. The lowest BCUT2D eigenvalue weighted by Crippen LogP contribution is -2.46. The lowest BCUT2D eigenvalue weighted by atomic mass is 9.96. The first-order chi connectivity index (χ1) is 18.0. The number of nitrogens with two attached hydrogens (primary N) is 1. The van der Waals surface area contributed by atoms with Crippen LogP contribution in [0.4, 0.5) is 20.3 Å². The normalized spacial score (nSPS) is 18.0. The zero-order valence-corrected chi connectivity index (χ0v) is 20.6. The standard InChI is InChI=1S/C28H30F2N6O/c29-22-16-20(15-19-7-9-32-28(37)23(19)22)25-27(31)34-26(30)24(33-25)18-3-5-21(6-4-18)36-13-11-35(12-14-36)10-8-17-1-2-17/h3-6,15-17H,1-2,7-14H2,(H2,31,34)(H,32,37). The molecule has 2 aliphatic heterocycles. The van der Waals surface area contributed by atoms with Crippen LogP contribution >= 0.6 is 0 Å². The van der Waals surface area contributed by atoms with E-state index >= 15 is 0 Å². The number of nitrogens with zero attached hydrogens (tertiary/aromatic N) is 4. The molecular formula is C28H30F2N6O. The predicted octanol–water partition coefficient (Wildman–Crippen LogP) is 3.88. The van der Waals surface area contributed by atoms with Gasteiger partial charge < -0.3 is 16.0 Å². The molecule has 1 saturated carbocycles. The number of rotatable bonds is 6. The van der Waals surface area contributed by atoms with Crippen LogP contribution < -0.4 is 16.0 Å². The monoisotopic (exact) mass is 504 g/mol. The minimum absolute atomic E-state index is 0.0307. The van der Waals surface area contributed by atoms with Crippen molar-refractivity contribution < 1.29 is 13.6 Å². The Bertz CT molecular complexity index is 1330. The molecule has 37 heavy (non-hydrogen) atoms. The molecule has 1 aromatic heterocycles. The molecule has 1 aliphatic carbocycles. The molecule has 7 nitrogen and oxygen atoms in total. The van der Waals surface area contributed by atoms with Gasteiger partial charge in [0.2, 0.25) is 5.95 Å². The summed E-state index contributed by atoms with van der Waals surface area (Å²) in [6.07, 6.45) is 4.60. The van der Waals surface area contributed by atoms with Crippen molar-refractivity contribution in [3.63, 3.8) is 0 Å². The van der Waals surface area contributed by atoms with Crippen LogP contribution in [-0.4, -0.2) is 60.0 Å². The Kier molecular flexibility index (Phi) is 6.24. The number of carbonyl (C=O) groups excluding carboxylic acids is 1. The fourth-order valence-electron chi connectivity index (χ4n) is 5.31. The van der Waals surface area contributed by atoms with Crippen LogP contribution in [-0.2, 0) is 6.42 Å². The van der Waals surface area contributed by atoms with Crippen molar-refractivity contribution >= 4 is 17.4 Å². The number of fused-ring (bicyclic) bond motifs is 1. The fraction of sp³-hybridized carbons (Fsp3) is 0.393. The number of amides is 1. The smallest absolute Gasteiger partial charge is 0.254 e. The first kappa shape index (κ1) is 23.8. The van der Waals surface area contributed by atoms with Crippen LogP contribution in [0.15, 0.2) is 36.4 Å². The van der Waals surface area contributed by atoms with Crippen molar-refractivity contribution in [2.24, 2.45) is 5.92 Å². The van der Waals surface area contributed by atoms with Crippen LogP contribution in [0, 0.1) is 17.7 Å². The van der Waals surface area contributed by atoms with Gasteiger partial charge in [0.25, 0.3) is 5.91 Å². The highest BCUT2D eigenvalue weighted by atomic mass is 19.1. The topological polar surface area (TPSA) is 87.4 Å². The molecule has 2 aromatic carbocycles. The van der Waals surface area contributed by atoms with E-state index in [0.717, 1.165) is 37.8 Å². The molecule has 3 aromatic rings. The van der Waals surface area contributed by atoms with E-state index in [-0.39, 0.29) is 22.8 Å². The largest absolute Gasteiger partial charge is 0.382 e. The van der Waals surface area contributed by atoms with Crippen molar-refractivity contribution in [3.8, 4) is 22.5 Å². The predicted molar refractivity (Wildman–Crippen MR) is 139 cm³/mol. The van der Waals surface area contributed by atoms with Crippen LogP contribution in [0.2, 0.25) is 0 Å². The van der Waals surface area contributed by atoms with Crippen molar-refractivity contribution in [1.82, 2.24) is 20.2 Å². The number of aromatic nitrogens is 2. The average Bonchev–Trinajstić information content (AvgIpc) is 3.73. The van der Waals surface area contributed by atoms with Crippen LogP contribution in [0.3, 0.4) is 0 Å². The van der Waals surface area contributed by atoms with Crippen LogP contribution in [0.5, 0.6) is 0 Å². The lowest BCUT2D eigenvalue weighted by Gasteiger charge is -2.36. The number of piperazine rings is 1. The minimum Gasteiger partial charge on any atom is -0.382 e. The molecule has 3 aliphatic rings. The van der Waals surface area contributed by atoms with Crippen molar-refractivity contribution in [1.29, 1.82) is 0 Å². The molecule has 0 radical (unpaired) electrons.